The Morgan fingerprint density at radius 1 is 1.20 bits per heavy atom. The first kappa shape index (κ1) is 11.2. The summed E-state index contributed by atoms with van der Waals surface area (Å²) in [6.07, 6.45) is 9.45. The third kappa shape index (κ3) is 2.29. The van der Waals surface area contributed by atoms with Crippen LogP contribution in [0.25, 0.3) is 0 Å². The number of allylic oxidation sites excluding steroid dienone is 2. The van der Waals surface area contributed by atoms with Gasteiger partial charge in [-0.3, -0.25) is 0 Å². The minimum absolute atomic E-state index is 0.652. The maximum absolute atomic E-state index is 2.48. The summed E-state index contributed by atoms with van der Waals surface area (Å²) in [5.41, 5.74) is 2.28. The Labute approximate surface area is 95.1 Å². The molecule has 0 aromatic rings. The van der Waals surface area contributed by atoms with Crippen molar-refractivity contribution in [2.45, 2.75) is 59.8 Å². The predicted octanol–water partition coefficient (Wildman–Crippen LogP) is 4.81. The van der Waals surface area contributed by atoms with E-state index in [0.717, 1.165) is 17.8 Å². The van der Waals surface area contributed by atoms with E-state index in [1.807, 2.05) is 0 Å². The third-order valence-electron chi connectivity index (χ3n) is 4.95. The van der Waals surface area contributed by atoms with Crippen LogP contribution in [0.1, 0.15) is 59.8 Å². The zero-order chi connectivity index (χ0) is 11.1. The highest BCUT2D eigenvalue weighted by Gasteiger charge is 2.56. The summed E-state index contributed by atoms with van der Waals surface area (Å²) in [5, 5.41) is 0. The minimum atomic E-state index is 0.652. The Morgan fingerprint density at radius 3 is 2.67 bits per heavy atom. The van der Waals surface area contributed by atoms with Crippen LogP contribution in [-0.4, -0.2) is 0 Å². The second-order valence-corrected chi connectivity index (χ2v) is 6.54. The molecule has 1 fully saturated rings. The number of hydrogen-bond donors (Lipinski definition) is 0. The van der Waals surface area contributed by atoms with E-state index in [2.05, 4.69) is 33.8 Å². The van der Waals surface area contributed by atoms with E-state index in [1.54, 1.807) is 5.57 Å². The molecule has 86 valence electrons. The highest BCUT2D eigenvalue weighted by atomic mass is 14.6. The van der Waals surface area contributed by atoms with Crippen LogP contribution < -0.4 is 0 Å². The van der Waals surface area contributed by atoms with Gasteiger partial charge in [-0.25, -0.2) is 0 Å². The van der Waals surface area contributed by atoms with Crippen molar-refractivity contribution >= 4 is 0 Å². The van der Waals surface area contributed by atoms with Crippen LogP contribution in [0.3, 0.4) is 0 Å². The molecule has 2 aliphatic rings. The average Bonchev–Trinajstić information content (AvgIpc) is 2.65. The molecule has 0 bridgehead atoms. The molecule has 0 heterocycles. The van der Waals surface area contributed by atoms with Crippen molar-refractivity contribution in [3.63, 3.8) is 0 Å². The Hall–Kier alpha value is -0.260. The van der Waals surface area contributed by atoms with E-state index in [0.29, 0.717) is 5.41 Å². The molecular formula is C15H26. The Morgan fingerprint density at radius 2 is 1.93 bits per heavy atom. The first-order valence-corrected chi connectivity index (χ1v) is 6.67. The molecular weight excluding hydrogens is 180 g/mol. The van der Waals surface area contributed by atoms with Gasteiger partial charge in [-0.2, -0.15) is 0 Å². The Balaban J connectivity index is 2.03. The van der Waals surface area contributed by atoms with Crippen LogP contribution >= 0.6 is 0 Å². The largest absolute Gasteiger partial charge is 0.0856 e. The molecule has 15 heavy (non-hydrogen) atoms. The van der Waals surface area contributed by atoms with E-state index >= 15 is 0 Å². The van der Waals surface area contributed by atoms with Crippen LogP contribution in [0.15, 0.2) is 11.6 Å². The van der Waals surface area contributed by atoms with Crippen molar-refractivity contribution in [1.29, 1.82) is 0 Å². The van der Waals surface area contributed by atoms with Crippen LogP contribution in [0.4, 0.5) is 0 Å². The van der Waals surface area contributed by atoms with Crippen LogP contribution in [-0.2, 0) is 0 Å². The van der Waals surface area contributed by atoms with Gasteiger partial charge >= 0.3 is 0 Å². The topological polar surface area (TPSA) is 0 Å². The van der Waals surface area contributed by atoms with Crippen molar-refractivity contribution in [3.8, 4) is 0 Å². The predicted molar refractivity (Wildman–Crippen MR) is 66.8 cm³/mol. The fourth-order valence-corrected chi connectivity index (χ4v) is 3.55. The molecule has 0 saturated heterocycles. The maximum Gasteiger partial charge on any atom is -0.0292 e. The lowest BCUT2D eigenvalue weighted by molar-refractivity contribution is 0.417. The summed E-state index contributed by atoms with van der Waals surface area (Å²) >= 11 is 0. The summed E-state index contributed by atoms with van der Waals surface area (Å²) < 4.78 is 0. The van der Waals surface area contributed by atoms with Crippen LogP contribution in [0.5, 0.6) is 0 Å². The van der Waals surface area contributed by atoms with Crippen LogP contribution in [0, 0.1) is 23.2 Å². The summed E-state index contributed by atoms with van der Waals surface area (Å²) in [7, 11) is 0. The van der Waals surface area contributed by atoms with E-state index in [-0.39, 0.29) is 0 Å². The third-order valence-corrected chi connectivity index (χ3v) is 4.95. The number of fused-ring (bicyclic) bond motifs is 1. The van der Waals surface area contributed by atoms with Gasteiger partial charge in [-0.1, -0.05) is 32.4 Å². The molecule has 0 aromatic carbocycles. The van der Waals surface area contributed by atoms with Crippen molar-refractivity contribution < 1.29 is 0 Å². The quantitative estimate of drug-likeness (QED) is 0.499. The van der Waals surface area contributed by atoms with Gasteiger partial charge in [0.2, 0.25) is 0 Å². The van der Waals surface area contributed by atoms with E-state index in [1.165, 1.54) is 32.1 Å². The zero-order valence-electron chi connectivity index (χ0n) is 10.8. The van der Waals surface area contributed by atoms with Gasteiger partial charge < -0.3 is 0 Å². The molecule has 0 amide bonds. The molecule has 3 atom stereocenters. The molecule has 2 rings (SSSR count). The monoisotopic (exact) mass is 206 g/mol. The Bertz CT molecular complexity index is 259. The summed E-state index contributed by atoms with van der Waals surface area (Å²) in [6, 6.07) is 0. The van der Waals surface area contributed by atoms with Crippen molar-refractivity contribution in [1.82, 2.24) is 0 Å². The standard InChI is InChI=1S/C15H26/c1-11-6-5-7-12(2)10-14-13(9-8-11)15(14,3)4/h6,12-14H,5,7-10H2,1-4H3/b11-6+/t12-,13-,14+/m1/s1. The lowest BCUT2D eigenvalue weighted by Gasteiger charge is -2.12. The van der Waals surface area contributed by atoms with Gasteiger partial charge in [0, 0.05) is 0 Å². The van der Waals surface area contributed by atoms with Gasteiger partial charge in [0.25, 0.3) is 0 Å². The highest BCUT2D eigenvalue weighted by Crippen LogP contribution is 2.63. The van der Waals surface area contributed by atoms with E-state index in [9.17, 15) is 0 Å². The summed E-state index contributed by atoms with van der Waals surface area (Å²) in [6.45, 7) is 9.71. The molecule has 0 nitrogen and oxygen atoms in total. The molecule has 0 N–H and O–H groups in total. The molecule has 1 saturated carbocycles. The fourth-order valence-electron chi connectivity index (χ4n) is 3.55. The van der Waals surface area contributed by atoms with Crippen molar-refractivity contribution in [3.05, 3.63) is 11.6 Å². The van der Waals surface area contributed by atoms with Gasteiger partial charge in [0.05, 0.1) is 0 Å². The maximum atomic E-state index is 2.48. The second-order valence-electron chi connectivity index (χ2n) is 6.54. The highest BCUT2D eigenvalue weighted by molar-refractivity contribution is 5.08. The fraction of sp³-hybridized carbons (Fsp3) is 0.867. The van der Waals surface area contributed by atoms with Crippen molar-refractivity contribution in [2.75, 3.05) is 0 Å². The number of hydrogen-bond acceptors (Lipinski definition) is 0. The van der Waals surface area contributed by atoms with Gasteiger partial charge in [-0.05, 0) is 62.2 Å². The normalized spacial score (nSPS) is 43.7. The summed E-state index contributed by atoms with van der Waals surface area (Å²) in [5.74, 6) is 2.97. The summed E-state index contributed by atoms with van der Waals surface area (Å²) in [4.78, 5) is 0. The Kier molecular flexibility index (Phi) is 2.96. The van der Waals surface area contributed by atoms with E-state index in [4.69, 9.17) is 0 Å². The van der Waals surface area contributed by atoms with Crippen molar-refractivity contribution in [2.24, 2.45) is 23.2 Å². The smallest absolute Gasteiger partial charge is 0.0292 e. The first-order valence-electron chi connectivity index (χ1n) is 6.67. The first-order chi connectivity index (χ1) is 7.01. The molecule has 0 aromatic heterocycles. The van der Waals surface area contributed by atoms with Gasteiger partial charge in [0.15, 0.2) is 0 Å². The lowest BCUT2D eigenvalue weighted by Crippen LogP contribution is -2.00. The number of rotatable bonds is 0. The molecule has 0 spiro atoms. The molecule has 0 unspecified atom stereocenters. The molecule has 0 heteroatoms. The average molecular weight is 206 g/mol. The van der Waals surface area contributed by atoms with Gasteiger partial charge in [0.1, 0.15) is 0 Å². The molecule has 0 radical (unpaired) electrons. The van der Waals surface area contributed by atoms with Crippen LogP contribution in [0.2, 0.25) is 0 Å². The minimum Gasteiger partial charge on any atom is -0.0856 e. The molecule has 0 aliphatic heterocycles. The van der Waals surface area contributed by atoms with Gasteiger partial charge in [-0.15, -0.1) is 0 Å². The zero-order valence-corrected chi connectivity index (χ0v) is 10.8. The lowest BCUT2D eigenvalue weighted by atomic mass is 9.94. The molecule has 2 aliphatic carbocycles. The SMILES string of the molecule is C/C1=C\CC[C@@H](C)C[C@H]2[C@@H](CC1)C2(C)C. The second kappa shape index (κ2) is 3.96. The van der Waals surface area contributed by atoms with E-state index < -0.39 is 0 Å².